The molecule has 0 aliphatic heterocycles. The predicted molar refractivity (Wildman–Crippen MR) is 87.7 cm³/mol. The van der Waals surface area contributed by atoms with Gasteiger partial charge in [-0.15, -0.1) is 11.3 Å². The average molecular weight is 290 g/mol. The summed E-state index contributed by atoms with van der Waals surface area (Å²) in [5.41, 5.74) is 8.04. The molecule has 1 aromatic heterocycles. The van der Waals surface area contributed by atoms with Gasteiger partial charge in [0.1, 0.15) is 5.75 Å². The Bertz CT molecular complexity index is 537. The number of hydrogen-bond donors (Lipinski definition) is 1. The van der Waals surface area contributed by atoms with Gasteiger partial charge < -0.3 is 15.4 Å². The zero-order valence-corrected chi connectivity index (χ0v) is 13.1. The van der Waals surface area contributed by atoms with Gasteiger partial charge in [-0.3, -0.25) is 0 Å². The van der Waals surface area contributed by atoms with Crippen LogP contribution in [0.3, 0.4) is 0 Å². The van der Waals surface area contributed by atoms with E-state index >= 15 is 0 Å². The van der Waals surface area contributed by atoms with Gasteiger partial charge in [0.25, 0.3) is 0 Å². The van der Waals surface area contributed by atoms with E-state index in [1.54, 1.807) is 11.3 Å². The van der Waals surface area contributed by atoms with E-state index in [-0.39, 0.29) is 6.10 Å². The lowest BCUT2D eigenvalue weighted by Crippen LogP contribution is -2.23. The highest BCUT2D eigenvalue weighted by atomic mass is 32.1. The second-order valence-corrected chi connectivity index (χ2v) is 5.98. The Morgan fingerprint density at radius 2 is 2.05 bits per heavy atom. The Kier molecular flexibility index (Phi) is 4.90. The zero-order valence-electron chi connectivity index (χ0n) is 12.3. The molecule has 20 heavy (non-hydrogen) atoms. The van der Waals surface area contributed by atoms with Crippen molar-refractivity contribution in [2.75, 3.05) is 17.2 Å². The summed E-state index contributed by atoms with van der Waals surface area (Å²) < 4.78 is 5.77. The van der Waals surface area contributed by atoms with E-state index in [9.17, 15) is 0 Å². The molecule has 0 aliphatic rings. The molecule has 0 saturated carbocycles. The van der Waals surface area contributed by atoms with E-state index in [4.69, 9.17) is 10.5 Å². The van der Waals surface area contributed by atoms with Crippen LogP contribution in [0.15, 0.2) is 35.7 Å². The number of para-hydroxylation sites is 1. The first-order valence-corrected chi connectivity index (χ1v) is 7.82. The molecule has 1 aromatic carbocycles. The van der Waals surface area contributed by atoms with Crippen molar-refractivity contribution in [2.45, 2.75) is 33.4 Å². The first kappa shape index (κ1) is 14.7. The summed E-state index contributed by atoms with van der Waals surface area (Å²) in [6.07, 6.45) is 0.125. The Balaban J connectivity index is 2.25. The maximum atomic E-state index is 6.27. The van der Waals surface area contributed by atoms with Crippen LogP contribution in [-0.2, 0) is 6.54 Å². The summed E-state index contributed by atoms with van der Waals surface area (Å²) in [4.78, 5) is 3.61. The molecule has 2 aromatic rings. The van der Waals surface area contributed by atoms with Crippen molar-refractivity contribution >= 4 is 22.7 Å². The van der Waals surface area contributed by atoms with Crippen molar-refractivity contribution in [3.63, 3.8) is 0 Å². The van der Waals surface area contributed by atoms with Crippen LogP contribution < -0.4 is 15.4 Å². The third-order valence-corrected chi connectivity index (χ3v) is 3.92. The third-order valence-electron chi connectivity index (χ3n) is 3.05. The van der Waals surface area contributed by atoms with Crippen molar-refractivity contribution < 1.29 is 4.74 Å². The van der Waals surface area contributed by atoms with E-state index < -0.39 is 0 Å². The summed E-state index contributed by atoms with van der Waals surface area (Å²) in [6.45, 7) is 7.95. The van der Waals surface area contributed by atoms with Crippen LogP contribution in [0.4, 0.5) is 11.4 Å². The molecule has 3 nitrogen and oxygen atoms in total. The fourth-order valence-corrected chi connectivity index (χ4v) is 2.84. The second-order valence-electron chi connectivity index (χ2n) is 4.95. The highest BCUT2D eigenvalue weighted by Crippen LogP contribution is 2.33. The Morgan fingerprint density at radius 1 is 1.25 bits per heavy atom. The summed E-state index contributed by atoms with van der Waals surface area (Å²) in [6, 6.07) is 10.2. The van der Waals surface area contributed by atoms with E-state index in [0.29, 0.717) is 0 Å². The van der Waals surface area contributed by atoms with Gasteiger partial charge in [0.2, 0.25) is 0 Å². The Morgan fingerprint density at radius 3 is 2.65 bits per heavy atom. The van der Waals surface area contributed by atoms with Crippen molar-refractivity contribution in [2.24, 2.45) is 0 Å². The largest absolute Gasteiger partial charge is 0.489 e. The lowest BCUT2D eigenvalue weighted by molar-refractivity contribution is 0.244. The molecule has 0 fully saturated rings. The minimum absolute atomic E-state index is 0.125. The summed E-state index contributed by atoms with van der Waals surface area (Å²) in [5.74, 6) is 0.766. The molecule has 2 N–H and O–H groups in total. The number of rotatable bonds is 6. The molecule has 0 spiro atoms. The molecule has 0 saturated heterocycles. The smallest absolute Gasteiger partial charge is 0.144 e. The Labute approximate surface area is 125 Å². The maximum Gasteiger partial charge on any atom is 0.144 e. The molecule has 0 bridgehead atoms. The first-order chi connectivity index (χ1) is 9.61. The number of nitrogens with two attached hydrogens (primary N) is 1. The predicted octanol–water partition coefficient (Wildman–Crippen LogP) is 4.14. The molecule has 4 heteroatoms. The van der Waals surface area contributed by atoms with E-state index in [0.717, 1.165) is 30.2 Å². The van der Waals surface area contributed by atoms with Crippen LogP contribution in [0.25, 0.3) is 0 Å². The number of nitrogen functional groups attached to an aromatic ring is 1. The summed E-state index contributed by atoms with van der Waals surface area (Å²) in [5, 5.41) is 2.10. The quantitative estimate of drug-likeness (QED) is 0.812. The molecule has 1 heterocycles. The lowest BCUT2D eigenvalue weighted by atomic mass is 10.2. The van der Waals surface area contributed by atoms with E-state index in [2.05, 4.69) is 35.4 Å². The molecule has 0 aliphatic carbocycles. The monoisotopic (exact) mass is 290 g/mol. The van der Waals surface area contributed by atoms with Gasteiger partial charge in [-0.25, -0.2) is 0 Å². The van der Waals surface area contributed by atoms with Gasteiger partial charge >= 0.3 is 0 Å². The van der Waals surface area contributed by atoms with Gasteiger partial charge in [-0.2, -0.15) is 0 Å². The van der Waals surface area contributed by atoms with Crippen molar-refractivity contribution in [1.29, 1.82) is 0 Å². The van der Waals surface area contributed by atoms with E-state index in [1.165, 1.54) is 4.88 Å². The van der Waals surface area contributed by atoms with Gasteiger partial charge in [0.05, 0.1) is 24.0 Å². The van der Waals surface area contributed by atoms with Gasteiger partial charge in [-0.1, -0.05) is 12.1 Å². The van der Waals surface area contributed by atoms with Crippen LogP contribution in [0, 0.1) is 0 Å². The zero-order chi connectivity index (χ0) is 14.5. The standard InChI is InChI=1S/C16H22N2OS/c1-4-18(11-13-7-6-10-20-13)14-8-5-9-15(16(14)17)19-12(2)3/h5-10,12H,4,11,17H2,1-3H3. The molecular weight excluding hydrogens is 268 g/mol. The number of hydrogen-bond acceptors (Lipinski definition) is 4. The van der Waals surface area contributed by atoms with Crippen LogP contribution in [0.1, 0.15) is 25.6 Å². The van der Waals surface area contributed by atoms with Crippen LogP contribution in [0.2, 0.25) is 0 Å². The van der Waals surface area contributed by atoms with Gasteiger partial charge in [-0.05, 0) is 44.4 Å². The van der Waals surface area contributed by atoms with Crippen LogP contribution in [-0.4, -0.2) is 12.6 Å². The Hall–Kier alpha value is -1.68. The normalized spacial score (nSPS) is 10.8. The molecular formula is C16H22N2OS. The number of anilines is 2. The first-order valence-electron chi connectivity index (χ1n) is 6.94. The van der Waals surface area contributed by atoms with Crippen molar-refractivity contribution in [1.82, 2.24) is 0 Å². The summed E-state index contributed by atoms with van der Waals surface area (Å²) >= 11 is 1.77. The number of thiophene rings is 1. The minimum Gasteiger partial charge on any atom is -0.489 e. The van der Waals surface area contributed by atoms with Crippen molar-refractivity contribution in [3.8, 4) is 5.75 Å². The third kappa shape index (κ3) is 3.45. The number of ether oxygens (including phenoxy) is 1. The summed E-state index contributed by atoms with van der Waals surface area (Å²) in [7, 11) is 0. The van der Waals surface area contributed by atoms with Crippen molar-refractivity contribution in [3.05, 3.63) is 40.6 Å². The van der Waals surface area contributed by atoms with E-state index in [1.807, 2.05) is 26.0 Å². The number of nitrogens with zero attached hydrogens (tertiary/aromatic N) is 1. The maximum absolute atomic E-state index is 6.27. The minimum atomic E-state index is 0.125. The topological polar surface area (TPSA) is 38.5 Å². The number of benzene rings is 1. The molecule has 0 unspecified atom stereocenters. The second kappa shape index (κ2) is 6.66. The molecule has 0 amide bonds. The lowest BCUT2D eigenvalue weighted by Gasteiger charge is -2.25. The highest BCUT2D eigenvalue weighted by molar-refractivity contribution is 7.09. The van der Waals surface area contributed by atoms with Crippen LogP contribution >= 0.6 is 11.3 Å². The average Bonchev–Trinajstić information content (AvgIpc) is 2.91. The highest BCUT2D eigenvalue weighted by Gasteiger charge is 2.13. The molecule has 108 valence electrons. The molecule has 2 rings (SSSR count). The SMILES string of the molecule is CCN(Cc1cccs1)c1cccc(OC(C)C)c1N. The van der Waals surface area contributed by atoms with Gasteiger partial charge in [0.15, 0.2) is 0 Å². The van der Waals surface area contributed by atoms with Gasteiger partial charge in [0, 0.05) is 11.4 Å². The molecule has 0 radical (unpaired) electrons. The molecule has 0 atom stereocenters. The fourth-order valence-electron chi connectivity index (χ4n) is 2.12. The van der Waals surface area contributed by atoms with Crippen LogP contribution in [0.5, 0.6) is 5.75 Å². The fraction of sp³-hybridized carbons (Fsp3) is 0.375.